The van der Waals surface area contributed by atoms with Crippen molar-refractivity contribution in [2.24, 2.45) is 0 Å². The third-order valence-electron chi connectivity index (χ3n) is 3.46. The average Bonchev–Trinajstić information content (AvgIpc) is 2.45. The van der Waals surface area contributed by atoms with Gasteiger partial charge in [-0.2, -0.15) is 0 Å². The van der Waals surface area contributed by atoms with E-state index in [0.29, 0.717) is 0 Å². The summed E-state index contributed by atoms with van der Waals surface area (Å²) in [6.45, 7) is 4.17. The Balaban J connectivity index is 2.26. The van der Waals surface area contributed by atoms with Crippen LogP contribution >= 0.6 is 0 Å². The van der Waals surface area contributed by atoms with Crippen LogP contribution in [0.3, 0.4) is 0 Å². The van der Waals surface area contributed by atoms with E-state index in [-0.39, 0.29) is 0 Å². The number of fused-ring (bicyclic) bond motifs is 1. The summed E-state index contributed by atoms with van der Waals surface area (Å²) in [5.74, 6) is 0.867. The number of aryl methyl sites for hydroxylation is 2. The molecular formula is C18H17NO. The lowest BCUT2D eigenvalue weighted by molar-refractivity contribution is 0.419. The van der Waals surface area contributed by atoms with Gasteiger partial charge in [0.1, 0.15) is 5.75 Å². The Bertz CT molecular complexity index is 777. The molecule has 0 saturated carbocycles. The van der Waals surface area contributed by atoms with Crippen molar-refractivity contribution in [2.75, 3.05) is 7.11 Å². The molecule has 0 radical (unpaired) electrons. The van der Waals surface area contributed by atoms with Crippen LogP contribution < -0.4 is 4.74 Å². The first kappa shape index (κ1) is 12.7. The van der Waals surface area contributed by atoms with Crippen LogP contribution in [0.15, 0.2) is 48.5 Å². The normalized spacial score (nSPS) is 10.8. The first-order valence-electron chi connectivity index (χ1n) is 6.70. The molecule has 20 heavy (non-hydrogen) atoms. The Morgan fingerprint density at radius 1 is 0.900 bits per heavy atom. The van der Waals surface area contributed by atoms with Crippen LogP contribution in [0.2, 0.25) is 0 Å². The maximum atomic E-state index is 5.52. The quantitative estimate of drug-likeness (QED) is 0.677. The number of hydrogen-bond donors (Lipinski definition) is 0. The van der Waals surface area contributed by atoms with E-state index in [1.807, 2.05) is 6.07 Å². The highest BCUT2D eigenvalue weighted by Gasteiger charge is 2.08. The molecule has 3 aromatic rings. The monoisotopic (exact) mass is 263 g/mol. The minimum Gasteiger partial charge on any atom is -0.496 e. The lowest BCUT2D eigenvalue weighted by atomic mass is 10.1. The molecule has 1 aromatic heterocycles. The third kappa shape index (κ3) is 2.25. The number of benzene rings is 2. The van der Waals surface area contributed by atoms with Crippen molar-refractivity contribution in [3.63, 3.8) is 0 Å². The predicted molar refractivity (Wildman–Crippen MR) is 83.2 cm³/mol. The summed E-state index contributed by atoms with van der Waals surface area (Å²) < 4.78 is 5.52. The molecular weight excluding hydrogens is 246 g/mol. The maximum Gasteiger partial charge on any atom is 0.130 e. The minimum atomic E-state index is 0.867. The molecule has 2 heteroatoms. The summed E-state index contributed by atoms with van der Waals surface area (Å²) in [5.41, 5.74) is 5.47. The molecule has 0 aliphatic heterocycles. The van der Waals surface area contributed by atoms with Crippen LogP contribution in [0.1, 0.15) is 11.1 Å². The molecule has 0 N–H and O–H groups in total. The maximum absolute atomic E-state index is 5.52. The van der Waals surface area contributed by atoms with Crippen LogP contribution in [-0.4, -0.2) is 12.1 Å². The summed E-state index contributed by atoms with van der Waals surface area (Å²) in [6.07, 6.45) is 0. The summed E-state index contributed by atoms with van der Waals surface area (Å²) in [6, 6.07) is 16.6. The molecule has 0 fully saturated rings. The van der Waals surface area contributed by atoms with Crippen molar-refractivity contribution < 1.29 is 4.74 Å². The van der Waals surface area contributed by atoms with Crippen molar-refractivity contribution in [3.8, 4) is 17.0 Å². The summed E-state index contributed by atoms with van der Waals surface area (Å²) in [7, 11) is 1.70. The summed E-state index contributed by atoms with van der Waals surface area (Å²) in [4.78, 5) is 4.78. The highest BCUT2D eigenvalue weighted by molar-refractivity contribution is 5.88. The van der Waals surface area contributed by atoms with Gasteiger partial charge in [-0.3, -0.25) is 0 Å². The molecule has 0 spiro atoms. The van der Waals surface area contributed by atoms with Crippen molar-refractivity contribution in [2.45, 2.75) is 13.8 Å². The second-order valence-electron chi connectivity index (χ2n) is 5.10. The number of nitrogens with zero attached hydrogens (tertiary/aromatic N) is 1. The van der Waals surface area contributed by atoms with E-state index < -0.39 is 0 Å². The van der Waals surface area contributed by atoms with Gasteiger partial charge in [0, 0.05) is 17.0 Å². The van der Waals surface area contributed by atoms with Crippen LogP contribution in [0, 0.1) is 13.8 Å². The van der Waals surface area contributed by atoms with Gasteiger partial charge in [0.05, 0.1) is 18.3 Å². The Morgan fingerprint density at radius 2 is 1.70 bits per heavy atom. The van der Waals surface area contributed by atoms with E-state index in [1.54, 1.807) is 7.11 Å². The van der Waals surface area contributed by atoms with Crippen molar-refractivity contribution >= 4 is 10.9 Å². The van der Waals surface area contributed by atoms with Gasteiger partial charge in [-0.15, -0.1) is 0 Å². The van der Waals surface area contributed by atoms with Crippen LogP contribution in [0.4, 0.5) is 0 Å². The highest BCUT2D eigenvalue weighted by atomic mass is 16.5. The Hall–Kier alpha value is -2.35. The van der Waals surface area contributed by atoms with Gasteiger partial charge >= 0.3 is 0 Å². The van der Waals surface area contributed by atoms with Crippen LogP contribution in [0.25, 0.3) is 22.2 Å². The zero-order chi connectivity index (χ0) is 14.1. The standard InChI is InChI=1S/C18H17NO/c1-12-5-4-6-14(9-12)16-11-18(20-3)15-8-7-13(2)10-17(15)19-16/h4-11H,1-3H3. The molecule has 100 valence electrons. The second-order valence-corrected chi connectivity index (χ2v) is 5.10. The molecule has 3 rings (SSSR count). The molecule has 0 amide bonds. The minimum absolute atomic E-state index is 0.867. The van der Waals surface area contributed by atoms with Crippen molar-refractivity contribution in [3.05, 3.63) is 59.7 Å². The number of pyridine rings is 1. The van der Waals surface area contributed by atoms with Crippen molar-refractivity contribution in [1.29, 1.82) is 0 Å². The van der Waals surface area contributed by atoms with Gasteiger partial charge in [0.15, 0.2) is 0 Å². The van der Waals surface area contributed by atoms with E-state index in [1.165, 1.54) is 11.1 Å². The molecule has 2 nitrogen and oxygen atoms in total. The Kier molecular flexibility index (Phi) is 3.15. The van der Waals surface area contributed by atoms with Gasteiger partial charge in [0.2, 0.25) is 0 Å². The van der Waals surface area contributed by atoms with E-state index in [9.17, 15) is 0 Å². The fourth-order valence-corrected chi connectivity index (χ4v) is 2.43. The lowest BCUT2D eigenvalue weighted by Gasteiger charge is -2.10. The lowest BCUT2D eigenvalue weighted by Crippen LogP contribution is -1.92. The molecule has 0 atom stereocenters. The van der Waals surface area contributed by atoms with Crippen molar-refractivity contribution in [1.82, 2.24) is 4.98 Å². The van der Waals surface area contributed by atoms with E-state index in [0.717, 1.165) is 27.9 Å². The van der Waals surface area contributed by atoms with Gasteiger partial charge in [0.25, 0.3) is 0 Å². The second kappa shape index (κ2) is 4.97. The van der Waals surface area contributed by atoms with Gasteiger partial charge in [-0.25, -0.2) is 4.98 Å². The molecule has 0 bridgehead atoms. The molecule has 2 aromatic carbocycles. The molecule has 0 aliphatic carbocycles. The summed E-state index contributed by atoms with van der Waals surface area (Å²) >= 11 is 0. The SMILES string of the molecule is COc1cc(-c2cccc(C)c2)nc2cc(C)ccc12. The first-order chi connectivity index (χ1) is 9.67. The molecule has 1 heterocycles. The first-order valence-corrected chi connectivity index (χ1v) is 6.70. The van der Waals surface area contributed by atoms with Gasteiger partial charge in [-0.1, -0.05) is 29.8 Å². The number of methoxy groups -OCH3 is 1. The fourth-order valence-electron chi connectivity index (χ4n) is 2.43. The average molecular weight is 263 g/mol. The van der Waals surface area contributed by atoms with E-state index >= 15 is 0 Å². The smallest absolute Gasteiger partial charge is 0.130 e. The zero-order valence-corrected chi connectivity index (χ0v) is 12.0. The van der Waals surface area contributed by atoms with Gasteiger partial charge < -0.3 is 4.74 Å². The predicted octanol–water partition coefficient (Wildman–Crippen LogP) is 4.53. The Labute approximate surface area is 119 Å². The molecule has 0 aliphatic rings. The van der Waals surface area contributed by atoms with E-state index in [4.69, 9.17) is 9.72 Å². The molecule has 0 unspecified atom stereocenters. The summed E-state index contributed by atoms with van der Waals surface area (Å²) in [5, 5.41) is 1.05. The zero-order valence-electron chi connectivity index (χ0n) is 12.0. The van der Waals surface area contributed by atoms with E-state index in [2.05, 4.69) is 56.3 Å². The fraction of sp³-hybridized carbons (Fsp3) is 0.167. The van der Waals surface area contributed by atoms with Crippen LogP contribution in [-0.2, 0) is 0 Å². The van der Waals surface area contributed by atoms with Crippen LogP contribution in [0.5, 0.6) is 5.75 Å². The number of hydrogen-bond acceptors (Lipinski definition) is 2. The van der Waals surface area contributed by atoms with Gasteiger partial charge in [-0.05, 0) is 37.6 Å². The molecule has 0 saturated heterocycles. The third-order valence-corrected chi connectivity index (χ3v) is 3.46. The number of ether oxygens (including phenoxy) is 1. The Morgan fingerprint density at radius 3 is 2.45 bits per heavy atom. The largest absolute Gasteiger partial charge is 0.496 e. The topological polar surface area (TPSA) is 22.1 Å². The number of rotatable bonds is 2. The number of aromatic nitrogens is 1. The highest BCUT2D eigenvalue weighted by Crippen LogP contribution is 2.30.